The molecule has 5 heteroatoms. The zero-order valence-electron chi connectivity index (χ0n) is 10.7. The highest BCUT2D eigenvalue weighted by atomic mass is 16.5. The van der Waals surface area contributed by atoms with E-state index in [0.717, 1.165) is 5.56 Å². The zero-order chi connectivity index (χ0) is 13.7. The van der Waals surface area contributed by atoms with Gasteiger partial charge in [-0.1, -0.05) is 35.5 Å². The lowest BCUT2D eigenvalue weighted by molar-refractivity contribution is -0.121. The predicted molar refractivity (Wildman–Crippen MR) is 70.3 cm³/mol. The molecule has 19 heavy (non-hydrogen) atoms. The van der Waals surface area contributed by atoms with Crippen molar-refractivity contribution in [2.45, 2.75) is 19.4 Å². The fourth-order valence-electron chi connectivity index (χ4n) is 1.67. The Hall–Kier alpha value is -2.14. The minimum atomic E-state index is -0.256. The van der Waals surface area contributed by atoms with Crippen LogP contribution in [0.4, 0.5) is 0 Å². The van der Waals surface area contributed by atoms with Gasteiger partial charge >= 0.3 is 0 Å². The summed E-state index contributed by atoms with van der Waals surface area (Å²) >= 11 is 0. The molecule has 0 radical (unpaired) electrons. The predicted octanol–water partition coefficient (Wildman–Crippen LogP) is 1.38. The molecule has 1 heterocycles. The molecule has 5 nitrogen and oxygen atoms in total. The van der Waals surface area contributed by atoms with Crippen molar-refractivity contribution in [3.8, 4) is 11.3 Å². The van der Waals surface area contributed by atoms with Crippen LogP contribution in [0.5, 0.6) is 0 Å². The molecule has 0 spiro atoms. The summed E-state index contributed by atoms with van der Waals surface area (Å²) in [4.78, 5) is 11.6. The van der Waals surface area contributed by atoms with Crippen LogP contribution in [0.25, 0.3) is 11.3 Å². The maximum absolute atomic E-state index is 11.6. The van der Waals surface area contributed by atoms with Gasteiger partial charge in [-0.05, 0) is 6.92 Å². The lowest BCUT2D eigenvalue weighted by Crippen LogP contribution is -2.36. The van der Waals surface area contributed by atoms with Gasteiger partial charge in [-0.15, -0.1) is 0 Å². The largest absolute Gasteiger partial charge is 0.394 e. The summed E-state index contributed by atoms with van der Waals surface area (Å²) in [5.41, 5.74) is 1.49. The SMILES string of the molecule is CC(CO)NC(=O)Cc1cc(-c2ccccc2)on1. The van der Waals surface area contributed by atoms with Crippen molar-refractivity contribution < 1.29 is 14.4 Å². The van der Waals surface area contributed by atoms with E-state index in [-0.39, 0.29) is 25.0 Å². The van der Waals surface area contributed by atoms with Crippen LogP contribution in [0.15, 0.2) is 40.9 Å². The first-order valence-corrected chi connectivity index (χ1v) is 6.10. The number of nitrogens with one attached hydrogen (secondary N) is 1. The Kier molecular flexibility index (Phi) is 4.30. The first-order chi connectivity index (χ1) is 9.19. The van der Waals surface area contributed by atoms with Gasteiger partial charge in [0.05, 0.1) is 18.7 Å². The number of rotatable bonds is 5. The Bertz CT molecular complexity index is 537. The molecule has 0 fully saturated rings. The van der Waals surface area contributed by atoms with E-state index >= 15 is 0 Å². The summed E-state index contributed by atoms with van der Waals surface area (Å²) in [6, 6.07) is 11.1. The van der Waals surface area contributed by atoms with Crippen LogP contribution in [0, 0.1) is 0 Å². The number of aromatic nitrogens is 1. The Morgan fingerprint density at radius 2 is 2.16 bits per heavy atom. The summed E-state index contributed by atoms with van der Waals surface area (Å²) in [5, 5.41) is 15.4. The normalized spacial score (nSPS) is 12.1. The zero-order valence-corrected chi connectivity index (χ0v) is 10.7. The van der Waals surface area contributed by atoms with Crippen LogP contribution in [0.1, 0.15) is 12.6 Å². The number of aliphatic hydroxyl groups is 1. The first-order valence-electron chi connectivity index (χ1n) is 6.10. The molecule has 1 amide bonds. The highest BCUT2D eigenvalue weighted by Crippen LogP contribution is 2.19. The summed E-state index contributed by atoms with van der Waals surface area (Å²) in [7, 11) is 0. The van der Waals surface area contributed by atoms with E-state index in [1.807, 2.05) is 30.3 Å². The molecule has 1 aromatic heterocycles. The number of hydrogen-bond acceptors (Lipinski definition) is 4. The molecule has 0 saturated carbocycles. The molecule has 2 rings (SSSR count). The minimum absolute atomic E-state index is 0.0835. The van der Waals surface area contributed by atoms with Gasteiger partial charge in [-0.3, -0.25) is 4.79 Å². The van der Waals surface area contributed by atoms with E-state index in [0.29, 0.717) is 11.5 Å². The minimum Gasteiger partial charge on any atom is -0.394 e. The molecule has 0 saturated heterocycles. The van der Waals surface area contributed by atoms with E-state index in [4.69, 9.17) is 9.63 Å². The summed E-state index contributed by atoms with van der Waals surface area (Å²) < 4.78 is 5.20. The van der Waals surface area contributed by atoms with Crippen molar-refractivity contribution in [3.63, 3.8) is 0 Å². The molecular formula is C14H16N2O3. The van der Waals surface area contributed by atoms with Crippen LogP contribution in [-0.2, 0) is 11.2 Å². The van der Waals surface area contributed by atoms with E-state index in [1.54, 1.807) is 13.0 Å². The van der Waals surface area contributed by atoms with Crippen molar-refractivity contribution >= 4 is 5.91 Å². The maximum Gasteiger partial charge on any atom is 0.226 e. The molecule has 0 aliphatic rings. The van der Waals surface area contributed by atoms with Crippen LogP contribution < -0.4 is 5.32 Å². The van der Waals surface area contributed by atoms with Crippen molar-refractivity contribution in [2.24, 2.45) is 0 Å². The third-order valence-electron chi connectivity index (χ3n) is 2.64. The molecule has 2 N–H and O–H groups in total. The van der Waals surface area contributed by atoms with Crippen LogP contribution in [0.3, 0.4) is 0 Å². The maximum atomic E-state index is 11.6. The average molecular weight is 260 g/mol. The average Bonchev–Trinajstić information content (AvgIpc) is 2.88. The lowest BCUT2D eigenvalue weighted by Gasteiger charge is -2.09. The fourth-order valence-corrected chi connectivity index (χ4v) is 1.67. The van der Waals surface area contributed by atoms with Crippen LogP contribution in [-0.4, -0.2) is 28.8 Å². The summed E-state index contributed by atoms with van der Waals surface area (Å²) in [6.45, 7) is 1.65. The number of hydrogen-bond donors (Lipinski definition) is 2. The molecule has 0 aliphatic carbocycles. The molecule has 2 aromatic rings. The van der Waals surface area contributed by atoms with E-state index in [2.05, 4.69) is 10.5 Å². The van der Waals surface area contributed by atoms with Gasteiger partial charge in [0.2, 0.25) is 5.91 Å². The first kappa shape index (κ1) is 13.3. The van der Waals surface area contributed by atoms with Gasteiger partial charge in [0.25, 0.3) is 0 Å². The van der Waals surface area contributed by atoms with Gasteiger partial charge in [0.15, 0.2) is 5.76 Å². The topological polar surface area (TPSA) is 75.4 Å². The van der Waals surface area contributed by atoms with Gasteiger partial charge < -0.3 is 14.9 Å². The second-order valence-corrected chi connectivity index (χ2v) is 4.38. The molecule has 1 aromatic carbocycles. The Morgan fingerprint density at radius 3 is 2.84 bits per heavy atom. The van der Waals surface area contributed by atoms with E-state index < -0.39 is 0 Å². The number of carbonyl (C=O) groups is 1. The molecule has 0 aliphatic heterocycles. The van der Waals surface area contributed by atoms with Crippen LogP contribution in [0.2, 0.25) is 0 Å². The van der Waals surface area contributed by atoms with Crippen molar-refractivity contribution in [3.05, 3.63) is 42.1 Å². The third-order valence-corrected chi connectivity index (χ3v) is 2.64. The fraction of sp³-hybridized carbons (Fsp3) is 0.286. The molecule has 1 unspecified atom stereocenters. The number of carbonyl (C=O) groups excluding carboxylic acids is 1. The number of nitrogens with zero attached hydrogens (tertiary/aromatic N) is 1. The van der Waals surface area contributed by atoms with Gasteiger partial charge in [0.1, 0.15) is 0 Å². The molecular weight excluding hydrogens is 244 g/mol. The highest BCUT2D eigenvalue weighted by molar-refractivity contribution is 5.78. The number of benzene rings is 1. The monoisotopic (exact) mass is 260 g/mol. The van der Waals surface area contributed by atoms with Gasteiger partial charge in [-0.2, -0.15) is 0 Å². The molecule has 1 atom stereocenters. The van der Waals surface area contributed by atoms with Crippen molar-refractivity contribution in [1.29, 1.82) is 0 Å². The van der Waals surface area contributed by atoms with E-state index in [9.17, 15) is 4.79 Å². The standard InChI is InChI=1S/C14H16N2O3/c1-10(9-17)15-14(18)8-12-7-13(19-16-12)11-5-3-2-4-6-11/h2-7,10,17H,8-9H2,1H3,(H,15,18). The Labute approximate surface area is 111 Å². The second kappa shape index (κ2) is 6.15. The lowest BCUT2D eigenvalue weighted by atomic mass is 10.1. The van der Waals surface area contributed by atoms with Crippen LogP contribution >= 0.6 is 0 Å². The van der Waals surface area contributed by atoms with E-state index in [1.165, 1.54) is 0 Å². The Morgan fingerprint density at radius 1 is 1.42 bits per heavy atom. The smallest absolute Gasteiger partial charge is 0.226 e. The van der Waals surface area contributed by atoms with Gasteiger partial charge in [0, 0.05) is 17.7 Å². The highest BCUT2D eigenvalue weighted by Gasteiger charge is 2.11. The van der Waals surface area contributed by atoms with Crippen molar-refractivity contribution in [1.82, 2.24) is 10.5 Å². The third kappa shape index (κ3) is 3.66. The quantitative estimate of drug-likeness (QED) is 0.851. The molecule has 100 valence electrons. The second-order valence-electron chi connectivity index (χ2n) is 4.38. The summed E-state index contributed by atoms with van der Waals surface area (Å²) in [6.07, 6.45) is 0.140. The number of aliphatic hydroxyl groups excluding tert-OH is 1. The molecule has 0 bridgehead atoms. The van der Waals surface area contributed by atoms with Gasteiger partial charge in [-0.25, -0.2) is 0 Å². The van der Waals surface area contributed by atoms with Crippen molar-refractivity contribution in [2.75, 3.05) is 6.61 Å². The summed E-state index contributed by atoms with van der Waals surface area (Å²) in [5.74, 6) is 0.452. The number of amides is 1. The Balaban J connectivity index is 2.00.